The summed E-state index contributed by atoms with van der Waals surface area (Å²) in [4.78, 5) is 6.69. The van der Waals surface area contributed by atoms with Crippen molar-refractivity contribution < 1.29 is 4.52 Å². The normalized spacial score (nSPS) is 17.1. The minimum Gasteiger partial charge on any atom is -0.338 e. The predicted octanol–water partition coefficient (Wildman–Crippen LogP) is 1.29. The second kappa shape index (κ2) is 4.93. The molecular formula is C11H20N4O. The summed E-state index contributed by atoms with van der Waals surface area (Å²) in [5.74, 6) is 1.27. The smallest absolute Gasteiger partial charge is 0.240 e. The van der Waals surface area contributed by atoms with Gasteiger partial charge in [-0.15, -0.1) is 0 Å². The number of hydrogen-bond donors (Lipinski definition) is 1. The molecule has 5 nitrogen and oxygen atoms in total. The highest BCUT2D eigenvalue weighted by Crippen LogP contribution is 2.27. The Labute approximate surface area is 96.0 Å². The highest BCUT2D eigenvalue weighted by atomic mass is 16.5. The van der Waals surface area contributed by atoms with Crippen LogP contribution < -0.4 is 5.73 Å². The van der Waals surface area contributed by atoms with Crippen molar-refractivity contribution in [3.63, 3.8) is 0 Å². The quantitative estimate of drug-likeness (QED) is 0.816. The van der Waals surface area contributed by atoms with Crippen LogP contribution in [0.2, 0.25) is 0 Å². The molecular weight excluding hydrogens is 204 g/mol. The zero-order valence-electron chi connectivity index (χ0n) is 10.0. The van der Waals surface area contributed by atoms with Gasteiger partial charge in [-0.25, -0.2) is 0 Å². The second-order valence-electron chi connectivity index (χ2n) is 4.66. The maximum atomic E-state index is 5.44. The van der Waals surface area contributed by atoms with Crippen molar-refractivity contribution >= 4 is 0 Å². The summed E-state index contributed by atoms with van der Waals surface area (Å²) in [5.41, 5.74) is 5.44. The number of rotatable bonds is 5. The van der Waals surface area contributed by atoms with Gasteiger partial charge in [-0.1, -0.05) is 11.6 Å². The molecule has 1 aromatic rings. The summed E-state index contributed by atoms with van der Waals surface area (Å²) >= 11 is 0. The molecule has 0 radical (unpaired) electrons. The van der Waals surface area contributed by atoms with Gasteiger partial charge in [0.25, 0.3) is 0 Å². The van der Waals surface area contributed by atoms with Gasteiger partial charge in [-0.2, -0.15) is 4.98 Å². The molecule has 0 aliphatic heterocycles. The van der Waals surface area contributed by atoms with E-state index in [2.05, 4.69) is 28.9 Å². The first-order valence-corrected chi connectivity index (χ1v) is 5.98. The maximum absolute atomic E-state index is 5.44. The van der Waals surface area contributed by atoms with Crippen LogP contribution in [0.25, 0.3) is 0 Å². The van der Waals surface area contributed by atoms with Gasteiger partial charge >= 0.3 is 0 Å². The van der Waals surface area contributed by atoms with E-state index in [9.17, 15) is 0 Å². The molecule has 0 bridgehead atoms. The minimum atomic E-state index is 0.318. The molecule has 5 heteroatoms. The Morgan fingerprint density at radius 1 is 1.50 bits per heavy atom. The fraction of sp³-hybridized carbons (Fsp3) is 0.818. The zero-order chi connectivity index (χ0) is 11.5. The van der Waals surface area contributed by atoms with E-state index >= 15 is 0 Å². The van der Waals surface area contributed by atoms with Crippen molar-refractivity contribution in [1.82, 2.24) is 15.0 Å². The maximum Gasteiger partial charge on any atom is 0.240 e. The van der Waals surface area contributed by atoms with E-state index in [1.54, 1.807) is 0 Å². The standard InChI is InChI=1S/C11H20N4O/c1-8(2)15(9-4-3-5-9)7-10-13-11(6-12)16-14-10/h8-9H,3-7,12H2,1-2H3. The second-order valence-corrected chi connectivity index (χ2v) is 4.66. The van der Waals surface area contributed by atoms with Gasteiger partial charge in [0.1, 0.15) is 0 Å². The van der Waals surface area contributed by atoms with Gasteiger partial charge in [0.2, 0.25) is 5.89 Å². The summed E-state index contributed by atoms with van der Waals surface area (Å²) in [5, 5.41) is 3.94. The Kier molecular flexibility index (Phi) is 3.56. The molecule has 0 spiro atoms. The number of nitrogens with two attached hydrogens (primary N) is 1. The van der Waals surface area contributed by atoms with Gasteiger partial charge in [-0.05, 0) is 26.7 Å². The van der Waals surface area contributed by atoms with Crippen molar-refractivity contribution in [3.8, 4) is 0 Å². The van der Waals surface area contributed by atoms with Gasteiger partial charge < -0.3 is 10.3 Å². The van der Waals surface area contributed by atoms with E-state index in [4.69, 9.17) is 10.3 Å². The van der Waals surface area contributed by atoms with Crippen molar-refractivity contribution in [3.05, 3.63) is 11.7 Å². The topological polar surface area (TPSA) is 68.2 Å². The van der Waals surface area contributed by atoms with Crippen LogP contribution in [-0.4, -0.2) is 27.1 Å². The Morgan fingerprint density at radius 2 is 2.25 bits per heavy atom. The van der Waals surface area contributed by atoms with Crippen LogP contribution >= 0.6 is 0 Å². The molecule has 90 valence electrons. The third kappa shape index (κ3) is 2.41. The van der Waals surface area contributed by atoms with Crippen LogP contribution in [0.15, 0.2) is 4.52 Å². The molecule has 1 aliphatic rings. The molecule has 0 atom stereocenters. The van der Waals surface area contributed by atoms with Crippen LogP contribution in [-0.2, 0) is 13.1 Å². The molecule has 1 aliphatic carbocycles. The van der Waals surface area contributed by atoms with Gasteiger partial charge in [-0.3, -0.25) is 4.90 Å². The molecule has 2 N–H and O–H groups in total. The van der Waals surface area contributed by atoms with Crippen LogP contribution in [0, 0.1) is 0 Å². The minimum absolute atomic E-state index is 0.318. The van der Waals surface area contributed by atoms with Crippen molar-refractivity contribution in [2.24, 2.45) is 5.73 Å². The molecule has 0 amide bonds. The van der Waals surface area contributed by atoms with Crippen LogP contribution in [0.1, 0.15) is 44.8 Å². The molecule has 1 fully saturated rings. The first-order chi connectivity index (χ1) is 7.70. The van der Waals surface area contributed by atoms with Crippen LogP contribution in [0.5, 0.6) is 0 Å². The molecule has 2 rings (SSSR count). The van der Waals surface area contributed by atoms with Gasteiger partial charge in [0.05, 0.1) is 13.1 Å². The zero-order valence-corrected chi connectivity index (χ0v) is 10.0. The molecule has 0 unspecified atom stereocenters. The van der Waals surface area contributed by atoms with Gasteiger partial charge in [0.15, 0.2) is 5.82 Å². The fourth-order valence-corrected chi connectivity index (χ4v) is 2.05. The van der Waals surface area contributed by atoms with E-state index in [0.29, 0.717) is 24.5 Å². The summed E-state index contributed by atoms with van der Waals surface area (Å²) in [6.45, 7) is 5.51. The largest absolute Gasteiger partial charge is 0.338 e. The summed E-state index contributed by atoms with van der Waals surface area (Å²) in [7, 11) is 0. The van der Waals surface area contributed by atoms with Gasteiger partial charge in [0, 0.05) is 12.1 Å². The SMILES string of the molecule is CC(C)N(Cc1noc(CN)n1)C1CCC1. The van der Waals surface area contributed by atoms with Crippen molar-refractivity contribution in [1.29, 1.82) is 0 Å². The average Bonchev–Trinajstić information content (AvgIpc) is 2.61. The van der Waals surface area contributed by atoms with Crippen molar-refractivity contribution in [2.75, 3.05) is 0 Å². The number of nitrogens with zero attached hydrogens (tertiary/aromatic N) is 3. The lowest BCUT2D eigenvalue weighted by atomic mass is 9.90. The third-order valence-corrected chi connectivity index (χ3v) is 3.22. The van der Waals surface area contributed by atoms with Crippen LogP contribution in [0.3, 0.4) is 0 Å². The Hall–Kier alpha value is -0.940. The Morgan fingerprint density at radius 3 is 2.69 bits per heavy atom. The van der Waals surface area contributed by atoms with E-state index < -0.39 is 0 Å². The third-order valence-electron chi connectivity index (χ3n) is 3.22. The Balaban J connectivity index is 1.99. The summed E-state index contributed by atoms with van der Waals surface area (Å²) < 4.78 is 5.01. The first kappa shape index (κ1) is 11.5. The van der Waals surface area contributed by atoms with Crippen molar-refractivity contribution in [2.45, 2.75) is 58.3 Å². The van der Waals surface area contributed by atoms with Crippen LogP contribution in [0.4, 0.5) is 0 Å². The Bertz CT molecular complexity index is 332. The van der Waals surface area contributed by atoms with E-state index in [1.165, 1.54) is 19.3 Å². The number of aromatic nitrogens is 2. The highest BCUT2D eigenvalue weighted by molar-refractivity contribution is 4.90. The molecule has 1 heterocycles. The highest BCUT2D eigenvalue weighted by Gasteiger charge is 2.27. The monoisotopic (exact) mass is 224 g/mol. The van der Waals surface area contributed by atoms with E-state index in [0.717, 1.165) is 12.4 Å². The number of hydrogen-bond acceptors (Lipinski definition) is 5. The molecule has 1 saturated carbocycles. The summed E-state index contributed by atoms with van der Waals surface area (Å²) in [6, 6.07) is 1.21. The first-order valence-electron chi connectivity index (χ1n) is 5.98. The molecule has 16 heavy (non-hydrogen) atoms. The fourth-order valence-electron chi connectivity index (χ4n) is 2.05. The lowest BCUT2D eigenvalue weighted by Gasteiger charge is -2.39. The molecule has 0 saturated heterocycles. The lowest BCUT2D eigenvalue weighted by Crippen LogP contribution is -2.44. The molecule has 0 aromatic carbocycles. The average molecular weight is 224 g/mol. The predicted molar refractivity (Wildman–Crippen MR) is 60.5 cm³/mol. The lowest BCUT2D eigenvalue weighted by molar-refractivity contribution is 0.0828. The molecule has 1 aromatic heterocycles. The van der Waals surface area contributed by atoms with E-state index in [1.807, 2.05) is 0 Å². The summed E-state index contributed by atoms with van der Waals surface area (Å²) in [6.07, 6.45) is 3.92. The van der Waals surface area contributed by atoms with E-state index in [-0.39, 0.29) is 0 Å².